The number of hydrogen-bond donors (Lipinski definition) is 0. The van der Waals surface area contributed by atoms with Crippen LogP contribution >= 0.6 is 0 Å². The lowest BCUT2D eigenvalue weighted by Gasteiger charge is -2.04. The number of esters is 1. The molecule has 0 aromatic heterocycles. The molecule has 5 nitrogen and oxygen atoms in total. The van der Waals surface area contributed by atoms with Gasteiger partial charge in [0, 0.05) is 18.2 Å². The predicted octanol–water partition coefficient (Wildman–Crippen LogP) is 3.83. The van der Waals surface area contributed by atoms with Gasteiger partial charge in [-0.1, -0.05) is 18.2 Å². The smallest absolute Gasteiger partial charge is 0.336 e. The third kappa shape index (κ3) is 4.02. The molecule has 0 N–H and O–H groups in total. The Hall–Kier alpha value is -2.95. The highest BCUT2D eigenvalue weighted by molar-refractivity contribution is 5.88. The monoisotopic (exact) mass is 297 g/mol. The van der Waals surface area contributed by atoms with Gasteiger partial charge in [-0.15, -0.1) is 0 Å². The molecule has 112 valence electrons. The summed E-state index contributed by atoms with van der Waals surface area (Å²) in [4.78, 5) is 22.0. The van der Waals surface area contributed by atoms with Gasteiger partial charge in [-0.3, -0.25) is 10.1 Å². The number of hydrogen-bond acceptors (Lipinski definition) is 4. The average Bonchev–Trinajstić information content (AvgIpc) is 2.49. The summed E-state index contributed by atoms with van der Waals surface area (Å²) >= 11 is 0. The van der Waals surface area contributed by atoms with Crippen molar-refractivity contribution in [2.24, 2.45) is 0 Å². The number of ether oxygens (including phenoxy) is 1. The van der Waals surface area contributed by atoms with Crippen LogP contribution in [0, 0.1) is 24.0 Å². The summed E-state index contributed by atoms with van der Waals surface area (Å²) < 4.78 is 5.19. The Morgan fingerprint density at radius 1 is 1.14 bits per heavy atom. The van der Waals surface area contributed by atoms with Gasteiger partial charge in [0.25, 0.3) is 5.69 Å². The second-order valence-corrected chi connectivity index (χ2v) is 4.85. The molecule has 0 unspecified atom stereocenters. The van der Waals surface area contributed by atoms with Gasteiger partial charge in [0.2, 0.25) is 0 Å². The van der Waals surface area contributed by atoms with Gasteiger partial charge in [-0.25, -0.2) is 4.79 Å². The minimum absolute atomic E-state index is 0.0234. The maximum absolute atomic E-state index is 11.8. The van der Waals surface area contributed by atoms with E-state index in [0.29, 0.717) is 11.3 Å². The van der Waals surface area contributed by atoms with Crippen LogP contribution in [-0.4, -0.2) is 10.9 Å². The van der Waals surface area contributed by atoms with Gasteiger partial charge in [-0.05, 0) is 48.7 Å². The minimum atomic E-state index is -0.533. The van der Waals surface area contributed by atoms with E-state index in [9.17, 15) is 14.9 Å². The van der Waals surface area contributed by atoms with Gasteiger partial charge >= 0.3 is 5.97 Å². The van der Waals surface area contributed by atoms with Crippen LogP contribution in [0.2, 0.25) is 0 Å². The maximum atomic E-state index is 11.8. The van der Waals surface area contributed by atoms with Crippen LogP contribution in [0.5, 0.6) is 5.75 Å². The molecule has 0 aliphatic heterocycles. The Morgan fingerprint density at radius 3 is 2.59 bits per heavy atom. The number of rotatable bonds is 4. The quantitative estimate of drug-likeness (QED) is 0.283. The topological polar surface area (TPSA) is 69.4 Å². The van der Waals surface area contributed by atoms with E-state index in [0.717, 1.165) is 11.1 Å². The van der Waals surface area contributed by atoms with Crippen LogP contribution in [0.1, 0.15) is 16.7 Å². The van der Waals surface area contributed by atoms with Crippen molar-refractivity contribution in [3.05, 3.63) is 75.3 Å². The fourth-order valence-electron chi connectivity index (χ4n) is 1.83. The zero-order chi connectivity index (χ0) is 16.1. The van der Waals surface area contributed by atoms with Crippen molar-refractivity contribution in [2.45, 2.75) is 13.8 Å². The highest BCUT2D eigenvalue weighted by Gasteiger charge is 2.05. The third-order valence-electron chi connectivity index (χ3n) is 3.19. The van der Waals surface area contributed by atoms with Gasteiger partial charge < -0.3 is 4.74 Å². The molecule has 0 bridgehead atoms. The van der Waals surface area contributed by atoms with E-state index < -0.39 is 10.9 Å². The van der Waals surface area contributed by atoms with E-state index in [1.54, 1.807) is 24.3 Å². The molecule has 22 heavy (non-hydrogen) atoms. The second-order valence-electron chi connectivity index (χ2n) is 4.85. The van der Waals surface area contributed by atoms with E-state index in [1.165, 1.54) is 24.3 Å². The Balaban J connectivity index is 2.06. The van der Waals surface area contributed by atoms with Gasteiger partial charge in [-0.2, -0.15) is 0 Å². The molecule has 0 saturated carbocycles. The van der Waals surface area contributed by atoms with Crippen molar-refractivity contribution in [1.29, 1.82) is 0 Å². The summed E-state index contributed by atoms with van der Waals surface area (Å²) in [5, 5.41) is 10.7. The average molecular weight is 297 g/mol. The van der Waals surface area contributed by atoms with Crippen LogP contribution in [-0.2, 0) is 4.79 Å². The van der Waals surface area contributed by atoms with E-state index >= 15 is 0 Å². The van der Waals surface area contributed by atoms with Crippen molar-refractivity contribution in [1.82, 2.24) is 0 Å². The number of aryl methyl sites for hydroxylation is 2. The van der Waals surface area contributed by atoms with Crippen molar-refractivity contribution in [3.8, 4) is 5.75 Å². The first-order chi connectivity index (χ1) is 10.5. The molecule has 0 atom stereocenters. The fourth-order valence-corrected chi connectivity index (χ4v) is 1.83. The Bertz CT molecular complexity index is 750. The molecule has 0 saturated heterocycles. The lowest BCUT2D eigenvalue weighted by molar-refractivity contribution is -0.384. The Kier molecular flexibility index (Phi) is 4.68. The molecule has 0 amide bonds. The van der Waals surface area contributed by atoms with Gasteiger partial charge in [0.15, 0.2) is 0 Å². The molecule has 0 aliphatic carbocycles. The zero-order valence-corrected chi connectivity index (χ0v) is 12.3. The number of carbonyl (C=O) groups is 1. The van der Waals surface area contributed by atoms with Crippen molar-refractivity contribution >= 4 is 17.7 Å². The molecule has 0 spiro atoms. The lowest BCUT2D eigenvalue weighted by atomic mass is 10.1. The summed E-state index contributed by atoms with van der Waals surface area (Å²) in [7, 11) is 0. The molecule has 2 rings (SSSR count). The van der Waals surface area contributed by atoms with Gasteiger partial charge in [0.1, 0.15) is 5.75 Å². The van der Waals surface area contributed by atoms with Crippen LogP contribution in [0.25, 0.3) is 6.08 Å². The first-order valence-corrected chi connectivity index (χ1v) is 6.67. The number of non-ortho nitro benzene ring substituents is 1. The number of benzene rings is 2. The van der Waals surface area contributed by atoms with Crippen LogP contribution < -0.4 is 4.74 Å². The fraction of sp³-hybridized carbons (Fsp3) is 0.118. The summed E-state index contributed by atoms with van der Waals surface area (Å²) in [5.41, 5.74) is 2.69. The summed E-state index contributed by atoms with van der Waals surface area (Å²) in [5.74, 6) is -0.0634. The standard InChI is InChI=1S/C17H15NO4/c1-12-6-8-16(10-13(12)2)22-17(19)9-7-14-4-3-5-15(11-14)18(20)21/h3-11H,1-2H3/b9-7+. The predicted molar refractivity (Wildman–Crippen MR) is 83.7 cm³/mol. The largest absolute Gasteiger partial charge is 0.423 e. The van der Waals surface area contributed by atoms with Crippen LogP contribution in [0.15, 0.2) is 48.5 Å². The Morgan fingerprint density at radius 2 is 1.91 bits per heavy atom. The maximum Gasteiger partial charge on any atom is 0.336 e. The summed E-state index contributed by atoms with van der Waals surface area (Å²) in [6, 6.07) is 11.4. The molecular formula is C17H15NO4. The highest BCUT2D eigenvalue weighted by atomic mass is 16.6. The molecular weight excluding hydrogens is 282 g/mol. The number of nitrogens with zero attached hydrogens (tertiary/aromatic N) is 1. The van der Waals surface area contributed by atoms with Crippen LogP contribution in [0.3, 0.4) is 0 Å². The molecule has 5 heteroatoms. The second kappa shape index (κ2) is 6.67. The van der Waals surface area contributed by atoms with E-state index in [-0.39, 0.29) is 5.69 Å². The SMILES string of the molecule is Cc1ccc(OC(=O)/C=C/c2cccc([N+](=O)[O-])c2)cc1C. The molecule has 2 aromatic carbocycles. The highest BCUT2D eigenvalue weighted by Crippen LogP contribution is 2.17. The van der Waals surface area contributed by atoms with E-state index in [1.807, 2.05) is 19.9 Å². The third-order valence-corrected chi connectivity index (χ3v) is 3.19. The van der Waals surface area contributed by atoms with E-state index in [4.69, 9.17) is 4.74 Å². The van der Waals surface area contributed by atoms with Crippen molar-refractivity contribution in [3.63, 3.8) is 0 Å². The minimum Gasteiger partial charge on any atom is -0.423 e. The Labute approximate surface area is 128 Å². The molecule has 0 aliphatic rings. The number of nitro groups is 1. The summed E-state index contributed by atoms with van der Waals surface area (Å²) in [6.45, 7) is 3.91. The first-order valence-electron chi connectivity index (χ1n) is 6.67. The summed E-state index contributed by atoms with van der Waals surface area (Å²) in [6.07, 6.45) is 2.73. The van der Waals surface area contributed by atoms with Gasteiger partial charge in [0.05, 0.1) is 4.92 Å². The van der Waals surface area contributed by atoms with Crippen molar-refractivity contribution in [2.75, 3.05) is 0 Å². The lowest BCUT2D eigenvalue weighted by Crippen LogP contribution is -2.03. The molecule has 0 radical (unpaired) electrons. The number of nitro benzene ring substituents is 1. The molecule has 0 fully saturated rings. The molecule has 0 heterocycles. The molecule has 2 aromatic rings. The van der Waals surface area contributed by atoms with E-state index in [2.05, 4.69) is 0 Å². The number of carbonyl (C=O) groups excluding carboxylic acids is 1. The zero-order valence-electron chi connectivity index (χ0n) is 12.3. The van der Waals surface area contributed by atoms with Crippen molar-refractivity contribution < 1.29 is 14.5 Å². The first kappa shape index (κ1) is 15.4. The van der Waals surface area contributed by atoms with Crippen LogP contribution in [0.4, 0.5) is 5.69 Å². The normalized spacial score (nSPS) is 10.6.